The summed E-state index contributed by atoms with van der Waals surface area (Å²) in [5, 5.41) is 6.77. The van der Waals surface area contributed by atoms with Gasteiger partial charge in [-0.3, -0.25) is 9.69 Å². The van der Waals surface area contributed by atoms with Crippen LogP contribution in [-0.4, -0.2) is 47.6 Å². The van der Waals surface area contributed by atoms with E-state index in [1.165, 1.54) is 0 Å². The molecule has 1 saturated carbocycles. The van der Waals surface area contributed by atoms with E-state index >= 15 is 0 Å². The number of nitrogens with one attached hydrogen (secondary N) is 1. The van der Waals surface area contributed by atoms with E-state index < -0.39 is 0 Å². The highest BCUT2D eigenvalue weighted by atomic mass is 16.5. The first kappa shape index (κ1) is 13.0. The molecule has 0 bridgehead atoms. The van der Waals surface area contributed by atoms with Gasteiger partial charge in [0, 0.05) is 18.9 Å². The molecule has 18 heavy (non-hydrogen) atoms. The third-order valence-electron chi connectivity index (χ3n) is 3.21. The van der Waals surface area contributed by atoms with E-state index in [1.54, 1.807) is 0 Å². The molecule has 100 valence electrons. The molecular formula is C12H20N4O2. The number of carbonyl (C=O) groups is 1. The number of likely N-dealkylation sites (N-methyl/N-ethyl adjacent to an activating group) is 1. The van der Waals surface area contributed by atoms with Gasteiger partial charge in [-0.2, -0.15) is 4.98 Å². The molecule has 0 spiro atoms. The second-order valence-electron chi connectivity index (χ2n) is 5.00. The van der Waals surface area contributed by atoms with Gasteiger partial charge >= 0.3 is 0 Å². The Bertz CT molecular complexity index is 412. The predicted octanol–water partition coefficient (Wildman–Crippen LogP) is 0.556. The molecule has 1 N–H and O–H groups in total. The quantitative estimate of drug-likeness (QED) is 0.801. The minimum Gasteiger partial charge on any atom is -0.354 e. The Morgan fingerprint density at radius 1 is 1.56 bits per heavy atom. The van der Waals surface area contributed by atoms with Crippen molar-refractivity contribution in [2.45, 2.75) is 38.1 Å². The van der Waals surface area contributed by atoms with E-state index in [0.29, 0.717) is 24.7 Å². The molecular weight excluding hydrogens is 232 g/mol. The van der Waals surface area contributed by atoms with Crippen LogP contribution in [0.1, 0.15) is 37.4 Å². The second-order valence-corrected chi connectivity index (χ2v) is 5.00. The number of aromatic nitrogens is 2. The molecule has 1 aromatic rings. The first-order valence-corrected chi connectivity index (χ1v) is 6.34. The van der Waals surface area contributed by atoms with Crippen LogP contribution >= 0.6 is 0 Å². The van der Waals surface area contributed by atoms with E-state index in [0.717, 1.165) is 18.7 Å². The summed E-state index contributed by atoms with van der Waals surface area (Å²) in [6, 6.07) is -0.128. The van der Waals surface area contributed by atoms with Gasteiger partial charge in [-0.15, -0.1) is 0 Å². The van der Waals surface area contributed by atoms with Gasteiger partial charge in [0.1, 0.15) is 0 Å². The van der Waals surface area contributed by atoms with Crippen molar-refractivity contribution in [1.29, 1.82) is 0 Å². The number of hydrogen-bond acceptors (Lipinski definition) is 5. The molecule has 0 aromatic carbocycles. The van der Waals surface area contributed by atoms with Crippen LogP contribution < -0.4 is 5.32 Å². The largest absolute Gasteiger partial charge is 0.354 e. The zero-order valence-electron chi connectivity index (χ0n) is 11.1. The Kier molecular flexibility index (Phi) is 3.96. The minimum absolute atomic E-state index is 0.0194. The van der Waals surface area contributed by atoms with Crippen molar-refractivity contribution in [3.8, 4) is 0 Å². The third kappa shape index (κ3) is 3.29. The van der Waals surface area contributed by atoms with Crippen LogP contribution in [0, 0.1) is 0 Å². The van der Waals surface area contributed by atoms with Gasteiger partial charge in [-0.1, -0.05) is 5.16 Å². The Morgan fingerprint density at radius 3 is 2.89 bits per heavy atom. The van der Waals surface area contributed by atoms with Crippen LogP contribution in [0.25, 0.3) is 0 Å². The zero-order chi connectivity index (χ0) is 13.1. The number of nitrogens with zero attached hydrogens (tertiary/aromatic N) is 3. The Balaban J connectivity index is 1.72. The first-order valence-electron chi connectivity index (χ1n) is 6.34. The maximum absolute atomic E-state index is 11.7. The molecule has 1 aliphatic rings. The fraction of sp³-hybridized carbons (Fsp3) is 0.750. The van der Waals surface area contributed by atoms with E-state index in [-0.39, 0.29) is 11.9 Å². The molecule has 1 aliphatic carbocycles. The smallest absolute Gasteiger partial charge is 0.237 e. The van der Waals surface area contributed by atoms with Crippen LogP contribution in [0.3, 0.4) is 0 Å². The maximum Gasteiger partial charge on any atom is 0.237 e. The zero-order valence-corrected chi connectivity index (χ0v) is 11.1. The third-order valence-corrected chi connectivity index (χ3v) is 3.21. The summed E-state index contributed by atoms with van der Waals surface area (Å²) < 4.78 is 5.15. The number of carbonyl (C=O) groups excluding carboxylic acids is 1. The predicted molar refractivity (Wildman–Crippen MR) is 66.1 cm³/mol. The van der Waals surface area contributed by atoms with Gasteiger partial charge in [0.25, 0.3) is 0 Å². The summed E-state index contributed by atoms with van der Waals surface area (Å²) in [4.78, 5) is 17.9. The lowest BCUT2D eigenvalue weighted by molar-refractivity contribution is -0.124. The molecule has 1 fully saturated rings. The molecule has 1 heterocycles. The highest BCUT2D eigenvalue weighted by Gasteiger charge is 2.29. The lowest BCUT2D eigenvalue weighted by atomic mass is 10.3. The van der Waals surface area contributed by atoms with Crippen molar-refractivity contribution < 1.29 is 9.32 Å². The average molecular weight is 252 g/mol. The minimum atomic E-state index is -0.128. The molecule has 1 aromatic heterocycles. The standard InChI is InChI=1S/C12H20N4O2/c1-8(16(2)3)11(17)13-7-6-10-14-12(18-15-10)9-4-5-9/h8-9H,4-7H2,1-3H3,(H,13,17)/t8-/m0/s1. The summed E-state index contributed by atoms with van der Waals surface area (Å²) in [6.45, 7) is 2.41. The van der Waals surface area contributed by atoms with Crippen LogP contribution in [0.5, 0.6) is 0 Å². The van der Waals surface area contributed by atoms with Crippen LogP contribution in [0.4, 0.5) is 0 Å². The molecule has 0 saturated heterocycles. The summed E-state index contributed by atoms with van der Waals surface area (Å²) >= 11 is 0. The monoisotopic (exact) mass is 252 g/mol. The number of amides is 1. The Hall–Kier alpha value is -1.43. The molecule has 2 rings (SSSR count). The topological polar surface area (TPSA) is 71.3 Å². The van der Waals surface area contributed by atoms with Crippen LogP contribution in [0.2, 0.25) is 0 Å². The normalized spacial score (nSPS) is 16.9. The summed E-state index contributed by atoms with van der Waals surface area (Å²) in [5.41, 5.74) is 0. The Morgan fingerprint density at radius 2 is 2.28 bits per heavy atom. The number of rotatable bonds is 6. The maximum atomic E-state index is 11.7. The van der Waals surface area contributed by atoms with Crippen molar-refractivity contribution in [2.24, 2.45) is 0 Å². The van der Waals surface area contributed by atoms with E-state index in [1.807, 2.05) is 25.9 Å². The summed E-state index contributed by atoms with van der Waals surface area (Å²) in [6.07, 6.45) is 2.92. The van der Waals surface area contributed by atoms with Gasteiger partial charge in [0.15, 0.2) is 5.82 Å². The second kappa shape index (κ2) is 5.48. The highest BCUT2D eigenvalue weighted by molar-refractivity contribution is 5.81. The molecule has 1 atom stereocenters. The summed E-state index contributed by atoms with van der Waals surface area (Å²) in [7, 11) is 3.76. The highest BCUT2D eigenvalue weighted by Crippen LogP contribution is 2.38. The molecule has 0 aliphatic heterocycles. The van der Waals surface area contributed by atoms with Crippen molar-refractivity contribution in [3.63, 3.8) is 0 Å². The van der Waals surface area contributed by atoms with Crippen molar-refractivity contribution >= 4 is 5.91 Å². The molecule has 6 heteroatoms. The molecule has 1 amide bonds. The van der Waals surface area contributed by atoms with E-state index in [2.05, 4.69) is 15.5 Å². The fourth-order valence-corrected chi connectivity index (χ4v) is 1.54. The number of hydrogen-bond donors (Lipinski definition) is 1. The van der Waals surface area contributed by atoms with Gasteiger partial charge < -0.3 is 9.84 Å². The average Bonchev–Trinajstić information content (AvgIpc) is 3.08. The van der Waals surface area contributed by atoms with Crippen LogP contribution in [-0.2, 0) is 11.2 Å². The SMILES string of the molecule is C[C@@H](C(=O)NCCc1noc(C2CC2)n1)N(C)C. The van der Waals surface area contributed by atoms with Gasteiger partial charge in [-0.25, -0.2) is 0 Å². The lowest BCUT2D eigenvalue weighted by Crippen LogP contribution is -2.42. The van der Waals surface area contributed by atoms with Crippen molar-refractivity contribution in [2.75, 3.05) is 20.6 Å². The van der Waals surface area contributed by atoms with Gasteiger partial charge in [-0.05, 0) is 33.9 Å². The van der Waals surface area contributed by atoms with E-state index in [9.17, 15) is 4.79 Å². The lowest BCUT2D eigenvalue weighted by Gasteiger charge is -2.18. The Labute approximate surface area is 107 Å². The van der Waals surface area contributed by atoms with E-state index in [4.69, 9.17) is 4.52 Å². The van der Waals surface area contributed by atoms with Crippen LogP contribution in [0.15, 0.2) is 4.52 Å². The molecule has 0 radical (unpaired) electrons. The fourth-order valence-electron chi connectivity index (χ4n) is 1.54. The van der Waals surface area contributed by atoms with Crippen molar-refractivity contribution in [1.82, 2.24) is 20.4 Å². The summed E-state index contributed by atoms with van der Waals surface area (Å²) in [5.74, 6) is 1.92. The van der Waals surface area contributed by atoms with Gasteiger partial charge in [0.2, 0.25) is 11.8 Å². The van der Waals surface area contributed by atoms with Gasteiger partial charge in [0.05, 0.1) is 6.04 Å². The first-order chi connectivity index (χ1) is 8.58. The van der Waals surface area contributed by atoms with Crippen molar-refractivity contribution in [3.05, 3.63) is 11.7 Å². The molecule has 0 unspecified atom stereocenters. The molecule has 6 nitrogen and oxygen atoms in total.